The minimum absolute atomic E-state index is 0.355. The van der Waals surface area contributed by atoms with E-state index in [1.165, 1.54) is 17.0 Å². The van der Waals surface area contributed by atoms with Gasteiger partial charge >= 0.3 is 5.69 Å². The largest absolute Gasteiger partial charge is 0.305 e. The third-order valence-electron chi connectivity index (χ3n) is 3.02. The molecule has 0 fully saturated rings. The predicted molar refractivity (Wildman–Crippen MR) is 77.4 cm³/mol. The van der Waals surface area contributed by atoms with Gasteiger partial charge in [-0.3, -0.25) is 10.1 Å². The van der Waals surface area contributed by atoms with Gasteiger partial charge in [0.05, 0.1) is 4.92 Å². The molecule has 106 valence electrons. The molecule has 0 radical (unpaired) electrons. The number of nitro groups is 1. The Hall–Kier alpha value is -1.79. The van der Waals surface area contributed by atoms with Crippen LogP contribution in [0.1, 0.15) is 10.4 Å². The minimum atomic E-state index is -0.736. The molecule has 20 heavy (non-hydrogen) atoms. The van der Waals surface area contributed by atoms with Gasteiger partial charge in [-0.25, -0.2) is 0 Å². The second kappa shape index (κ2) is 6.58. The average Bonchev–Trinajstić information content (AvgIpc) is 2.91. The van der Waals surface area contributed by atoms with Gasteiger partial charge in [0, 0.05) is 29.6 Å². The van der Waals surface area contributed by atoms with E-state index in [1.807, 2.05) is 23.4 Å². The van der Waals surface area contributed by atoms with Crippen LogP contribution in [0, 0.1) is 15.9 Å². The van der Waals surface area contributed by atoms with Gasteiger partial charge in [-0.15, -0.1) is 11.3 Å². The lowest BCUT2D eigenvalue weighted by molar-refractivity contribution is -0.387. The standard InChI is InChI=1S/C14H15FN2O2S/c1-16(8-7-12-5-3-9-20-12)10-11-4-2-6-13(14(11)15)17(18)19/h2-6,9H,7-8,10H2,1H3. The van der Waals surface area contributed by atoms with Crippen LogP contribution >= 0.6 is 11.3 Å². The molecule has 0 aliphatic rings. The van der Waals surface area contributed by atoms with Crippen LogP contribution in [-0.4, -0.2) is 23.4 Å². The highest BCUT2D eigenvalue weighted by Crippen LogP contribution is 2.21. The van der Waals surface area contributed by atoms with Crippen LogP contribution in [0.2, 0.25) is 0 Å². The van der Waals surface area contributed by atoms with Crippen molar-refractivity contribution in [2.45, 2.75) is 13.0 Å². The molecule has 0 atom stereocenters. The van der Waals surface area contributed by atoms with Crippen LogP contribution in [0.5, 0.6) is 0 Å². The number of thiophene rings is 1. The van der Waals surface area contributed by atoms with Crippen LogP contribution in [-0.2, 0) is 13.0 Å². The molecule has 2 aromatic rings. The Bertz CT molecular complexity index is 587. The van der Waals surface area contributed by atoms with Gasteiger partial charge in [-0.05, 0) is 24.9 Å². The van der Waals surface area contributed by atoms with Gasteiger partial charge in [-0.2, -0.15) is 4.39 Å². The number of hydrogen-bond donors (Lipinski definition) is 0. The van der Waals surface area contributed by atoms with Crippen molar-refractivity contribution in [3.05, 3.63) is 62.1 Å². The third-order valence-corrected chi connectivity index (χ3v) is 3.95. The number of hydrogen-bond acceptors (Lipinski definition) is 4. The second-order valence-electron chi connectivity index (χ2n) is 4.57. The van der Waals surface area contributed by atoms with Gasteiger partial charge in [0.15, 0.2) is 0 Å². The van der Waals surface area contributed by atoms with Crippen LogP contribution in [0.25, 0.3) is 0 Å². The van der Waals surface area contributed by atoms with Crippen LogP contribution in [0.4, 0.5) is 10.1 Å². The van der Waals surface area contributed by atoms with E-state index < -0.39 is 16.4 Å². The number of nitrogens with zero attached hydrogens (tertiary/aromatic N) is 2. The smallest absolute Gasteiger partial charge is 0.302 e. The molecular formula is C14H15FN2O2S. The lowest BCUT2D eigenvalue weighted by Crippen LogP contribution is -2.21. The highest BCUT2D eigenvalue weighted by molar-refractivity contribution is 7.09. The lowest BCUT2D eigenvalue weighted by Gasteiger charge is -2.16. The molecule has 4 nitrogen and oxygen atoms in total. The van der Waals surface area contributed by atoms with Gasteiger partial charge in [0.1, 0.15) is 0 Å². The number of halogens is 1. The Morgan fingerprint density at radius 2 is 2.15 bits per heavy atom. The molecule has 0 aliphatic carbocycles. The molecule has 0 spiro atoms. The average molecular weight is 294 g/mol. The van der Waals surface area contributed by atoms with Gasteiger partial charge in [0.2, 0.25) is 5.82 Å². The maximum Gasteiger partial charge on any atom is 0.305 e. The normalized spacial score (nSPS) is 10.9. The first-order valence-corrected chi connectivity index (χ1v) is 7.08. The Labute approximate surface area is 120 Å². The third kappa shape index (κ3) is 3.61. The summed E-state index contributed by atoms with van der Waals surface area (Å²) < 4.78 is 13.9. The van der Waals surface area contributed by atoms with E-state index in [1.54, 1.807) is 17.4 Å². The molecule has 1 aromatic carbocycles. The highest BCUT2D eigenvalue weighted by Gasteiger charge is 2.17. The van der Waals surface area contributed by atoms with E-state index in [0.29, 0.717) is 12.1 Å². The summed E-state index contributed by atoms with van der Waals surface area (Å²) >= 11 is 1.69. The topological polar surface area (TPSA) is 46.4 Å². The van der Waals surface area contributed by atoms with E-state index in [9.17, 15) is 14.5 Å². The fourth-order valence-electron chi connectivity index (χ4n) is 1.96. The van der Waals surface area contributed by atoms with Crippen molar-refractivity contribution in [1.29, 1.82) is 0 Å². The zero-order chi connectivity index (χ0) is 14.5. The zero-order valence-corrected chi connectivity index (χ0v) is 11.9. The summed E-state index contributed by atoms with van der Waals surface area (Å²) in [4.78, 5) is 13.2. The van der Waals surface area contributed by atoms with Gasteiger partial charge in [0.25, 0.3) is 0 Å². The fraction of sp³-hybridized carbons (Fsp3) is 0.286. The summed E-state index contributed by atoms with van der Waals surface area (Å²) in [7, 11) is 1.88. The van der Waals surface area contributed by atoms with Crippen molar-refractivity contribution >= 4 is 17.0 Å². The van der Waals surface area contributed by atoms with E-state index in [4.69, 9.17) is 0 Å². The molecule has 6 heteroatoms. The molecular weight excluding hydrogens is 279 g/mol. The molecule has 0 aliphatic heterocycles. The molecule has 0 saturated heterocycles. The first kappa shape index (κ1) is 14.6. The van der Waals surface area contributed by atoms with Crippen molar-refractivity contribution in [3.8, 4) is 0 Å². The maximum atomic E-state index is 13.9. The molecule has 0 unspecified atom stereocenters. The molecule has 2 rings (SSSR count). The molecule has 1 heterocycles. The first-order chi connectivity index (χ1) is 9.58. The summed E-state index contributed by atoms with van der Waals surface area (Å²) in [6, 6.07) is 8.35. The Morgan fingerprint density at radius 3 is 2.80 bits per heavy atom. The Morgan fingerprint density at radius 1 is 1.35 bits per heavy atom. The highest BCUT2D eigenvalue weighted by atomic mass is 32.1. The van der Waals surface area contributed by atoms with Crippen LogP contribution < -0.4 is 0 Å². The summed E-state index contributed by atoms with van der Waals surface area (Å²) in [5.74, 6) is -0.736. The number of nitro benzene ring substituents is 1. The maximum absolute atomic E-state index is 13.9. The first-order valence-electron chi connectivity index (χ1n) is 6.20. The summed E-state index contributed by atoms with van der Waals surface area (Å²) in [6.07, 6.45) is 0.894. The Kier molecular flexibility index (Phi) is 4.81. The van der Waals surface area contributed by atoms with Crippen molar-refractivity contribution in [2.24, 2.45) is 0 Å². The molecule has 0 saturated carbocycles. The minimum Gasteiger partial charge on any atom is -0.302 e. The molecule has 0 N–H and O–H groups in total. The zero-order valence-electron chi connectivity index (χ0n) is 11.1. The van der Waals surface area contributed by atoms with E-state index >= 15 is 0 Å². The monoisotopic (exact) mass is 294 g/mol. The van der Waals surface area contributed by atoms with Crippen molar-refractivity contribution in [2.75, 3.05) is 13.6 Å². The van der Waals surface area contributed by atoms with Gasteiger partial charge in [-0.1, -0.05) is 18.2 Å². The van der Waals surface area contributed by atoms with E-state index in [0.717, 1.165) is 13.0 Å². The SMILES string of the molecule is CN(CCc1cccs1)Cc1cccc([N+](=O)[O-])c1F. The van der Waals surface area contributed by atoms with Crippen LogP contribution in [0.15, 0.2) is 35.7 Å². The van der Waals surface area contributed by atoms with Crippen molar-refractivity contribution in [1.82, 2.24) is 4.90 Å². The van der Waals surface area contributed by atoms with Gasteiger partial charge < -0.3 is 4.90 Å². The summed E-state index contributed by atoms with van der Waals surface area (Å²) in [5, 5.41) is 12.7. The Balaban J connectivity index is 1.99. The predicted octanol–water partition coefficient (Wildman–Crippen LogP) is 3.47. The van der Waals surface area contributed by atoms with Crippen molar-refractivity contribution in [3.63, 3.8) is 0 Å². The van der Waals surface area contributed by atoms with Crippen LogP contribution in [0.3, 0.4) is 0 Å². The quantitative estimate of drug-likeness (QED) is 0.605. The number of likely N-dealkylation sites (N-methyl/N-ethyl adjacent to an activating group) is 1. The van der Waals surface area contributed by atoms with E-state index in [-0.39, 0.29) is 0 Å². The van der Waals surface area contributed by atoms with E-state index in [2.05, 4.69) is 6.07 Å². The molecule has 0 amide bonds. The lowest BCUT2D eigenvalue weighted by atomic mass is 10.1. The fourth-order valence-corrected chi connectivity index (χ4v) is 2.65. The second-order valence-corrected chi connectivity index (χ2v) is 5.61. The number of rotatable bonds is 6. The number of benzene rings is 1. The molecule has 0 bridgehead atoms. The molecule has 1 aromatic heterocycles. The summed E-state index contributed by atoms with van der Waals surface area (Å²) in [6.45, 7) is 1.14. The van der Waals surface area contributed by atoms with Crippen molar-refractivity contribution < 1.29 is 9.31 Å². The summed E-state index contributed by atoms with van der Waals surface area (Å²) in [5.41, 5.74) is -0.109.